The van der Waals surface area contributed by atoms with Gasteiger partial charge < -0.3 is 55.2 Å². The van der Waals surface area contributed by atoms with Crippen LogP contribution in [0.4, 0.5) is 0 Å². The molecule has 2 saturated heterocycles. The van der Waals surface area contributed by atoms with Crippen LogP contribution in [-0.4, -0.2) is 120 Å². The Labute approximate surface area is 152 Å². The Bertz CT molecular complexity index is 532. The summed E-state index contributed by atoms with van der Waals surface area (Å²) in [5.74, 6) is 0. The molecule has 3 unspecified atom stereocenters. The molecule has 0 saturated carbocycles. The summed E-state index contributed by atoms with van der Waals surface area (Å²) in [5.41, 5.74) is 0. The summed E-state index contributed by atoms with van der Waals surface area (Å²) in [4.78, 5) is 9.70. The van der Waals surface area contributed by atoms with E-state index in [1.54, 1.807) is 0 Å². The second-order valence-electron chi connectivity index (χ2n) is 6.10. The van der Waals surface area contributed by atoms with Gasteiger partial charge >= 0.3 is 7.82 Å². The van der Waals surface area contributed by atoms with Crippen molar-refractivity contribution in [1.82, 2.24) is 0 Å². The fourth-order valence-electron chi connectivity index (χ4n) is 2.55. The van der Waals surface area contributed by atoms with Gasteiger partial charge in [0.1, 0.15) is 48.8 Å². The van der Waals surface area contributed by atoms with Crippen LogP contribution in [0.25, 0.3) is 0 Å². The minimum atomic E-state index is -5.01. The molecule has 2 aliphatic rings. The van der Waals surface area contributed by atoms with E-state index in [2.05, 4.69) is 9.05 Å². The molecule has 2 heterocycles. The molecular weight excluding hydrogens is 399 g/mol. The molecule has 15 heteroatoms. The first-order valence-corrected chi connectivity index (χ1v) is 9.32. The van der Waals surface area contributed by atoms with Crippen LogP contribution < -0.4 is 0 Å². The third kappa shape index (κ3) is 5.20. The maximum Gasteiger partial charge on any atom is 0.474 e. The minimum Gasteiger partial charge on any atom is -0.394 e. The first-order chi connectivity index (χ1) is 12.5. The quantitative estimate of drug-likeness (QED) is 0.182. The Morgan fingerprint density at radius 1 is 0.778 bits per heavy atom. The van der Waals surface area contributed by atoms with Crippen molar-refractivity contribution in [2.45, 2.75) is 61.4 Å². The van der Waals surface area contributed by atoms with Crippen LogP contribution in [0.15, 0.2) is 0 Å². The van der Waals surface area contributed by atoms with Crippen LogP contribution in [0.1, 0.15) is 0 Å². The number of rotatable bonds is 6. The van der Waals surface area contributed by atoms with Gasteiger partial charge in [-0.3, -0.25) is 9.05 Å². The van der Waals surface area contributed by atoms with Crippen LogP contribution in [0, 0.1) is 0 Å². The largest absolute Gasteiger partial charge is 0.474 e. The van der Waals surface area contributed by atoms with Gasteiger partial charge in [-0.15, -0.1) is 0 Å². The van der Waals surface area contributed by atoms with Crippen molar-refractivity contribution in [3.05, 3.63) is 0 Å². The maximum atomic E-state index is 12.0. The summed E-state index contributed by atoms with van der Waals surface area (Å²) in [6.07, 6.45) is -17.6. The fourth-order valence-corrected chi connectivity index (χ4v) is 3.39. The van der Waals surface area contributed by atoms with Crippen molar-refractivity contribution < 1.29 is 68.8 Å². The Balaban J connectivity index is 1.95. The summed E-state index contributed by atoms with van der Waals surface area (Å²) in [5, 5.41) is 76.0. The highest BCUT2D eigenvalue weighted by Gasteiger charge is 2.48. The van der Waals surface area contributed by atoms with Crippen molar-refractivity contribution in [3.63, 3.8) is 0 Å². The lowest BCUT2D eigenvalue weighted by Crippen LogP contribution is -2.59. The van der Waals surface area contributed by atoms with E-state index in [1.165, 1.54) is 0 Å². The smallest absolute Gasteiger partial charge is 0.394 e. The molecule has 9 N–H and O–H groups in total. The molecule has 27 heavy (non-hydrogen) atoms. The number of hydrogen-bond acceptors (Lipinski definition) is 13. The maximum absolute atomic E-state index is 12.0. The van der Waals surface area contributed by atoms with Gasteiger partial charge in [0.2, 0.25) is 0 Å². The van der Waals surface area contributed by atoms with Gasteiger partial charge in [0.05, 0.1) is 13.2 Å². The van der Waals surface area contributed by atoms with Gasteiger partial charge in [-0.25, -0.2) is 4.57 Å². The van der Waals surface area contributed by atoms with E-state index in [0.29, 0.717) is 0 Å². The normalized spacial score (nSPS) is 48.2. The molecule has 2 rings (SSSR count). The molecule has 0 aliphatic carbocycles. The van der Waals surface area contributed by atoms with Gasteiger partial charge in [-0.1, -0.05) is 0 Å². The molecule has 2 fully saturated rings. The average Bonchev–Trinajstić information content (AvgIpc) is 2.62. The number of hydrogen-bond donors (Lipinski definition) is 9. The lowest BCUT2D eigenvalue weighted by Gasteiger charge is -2.40. The number of aliphatic hydroxyl groups is 8. The van der Waals surface area contributed by atoms with Crippen molar-refractivity contribution in [2.75, 3.05) is 13.2 Å². The zero-order valence-electron chi connectivity index (χ0n) is 13.7. The Hall–Kier alpha value is -0.290. The molecule has 0 amide bonds. The average molecular weight is 422 g/mol. The molecule has 11 atom stereocenters. The predicted molar refractivity (Wildman–Crippen MR) is 79.5 cm³/mol. The second kappa shape index (κ2) is 9.02. The number of phosphoric ester groups is 1. The minimum absolute atomic E-state index is 0.790. The van der Waals surface area contributed by atoms with Crippen molar-refractivity contribution in [2.24, 2.45) is 0 Å². The zero-order valence-corrected chi connectivity index (χ0v) is 14.6. The predicted octanol–water partition coefficient (Wildman–Crippen LogP) is -5.28. The molecule has 0 aromatic rings. The van der Waals surface area contributed by atoms with E-state index in [9.17, 15) is 45.2 Å². The van der Waals surface area contributed by atoms with Crippen LogP contribution >= 0.6 is 7.82 Å². The first kappa shape index (κ1) is 23.0. The summed E-state index contributed by atoms with van der Waals surface area (Å²) in [7, 11) is -5.01. The lowest BCUT2D eigenvalue weighted by molar-refractivity contribution is -0.289. The van der Waals surface area contributed by atoms with Gasteiger partial charge in [-0.05, 0) is 0 Å². The van der Waals surface area contributed by atoms with Gasteiger partial charge in [0.15, 0.2) is 12.6 Å². The van der Waals surface area contributed by atoms with Crippen LogP contribution in [0.2, 0.25) is 0 Å². The second-order valence-corrected chi connectivity index (χ2v) is 7.51. The van der Waals surface area contributed by atoms with Crippen LogP contribution in [0.3, 0.4) is 0 Å². The van der Waals surface area contributed by atoms with Crippen LogP contribution in [0.5, 0.6) is 0 Å². The number of phosphoric acid groups is 1. The van der Waals surface area contributed by atoms with Gasteiger partial charge in [-0.2, -0.15) is 0 Å². The number of ether oxygens (including phenoxy) is 2. The van der Waals surface area contributed by atoms with E-state index in [4.69, 9.17) is 14.6 Å². The Kier molecular flexibility index (Phi) is 7.68. The number of aliphatic hydroxyl groups excluding tert-OH is 8. The van der Waals surface area contributed by atoms with Crippen molar-refractivity contribution in [3.8, 4) is 0 Å². The fraction of sp³-hybridized carbons (Fsp3) is 1.00. The van der Waals surface area contributed by atoms with E-state index in [1.807, 2.05) is 0 Å². The Morgan fingerprint density at radius 2 is 1.33 bits per heavy atom. The molecule has 0 spiro atoms. The topological polar surface area (TPSA) is 236 Å². The summed E-state index contributed by atoms with van der Waals surface area (Å²) in [6, 6.07) is 0. The van der Waals surface area contributed by atoms with Crippen molar-refractivity contribution in [1.29, 1.82) is 0 Å². The summed E-state index contributed by atoms with van der Waals surface area (Å²) >= 11 is 0. The highest BCUT2D eigenvalue weighted by Crippen LogP contribution is 2.47. The van der Waals surface area contributed by atoms with Gasteiger partial charge in [0, 0.05) is 0 Å². The molecule has 14 nitrogen and oxygen atoms in total. The standard InChI is InChI=1S/C12H23O14P/c13-1-3-5(14)8(17)10(19)12(25-3)26-27(21,22)23-2-4-6(15)7(16)9(18)11(20)24-4/h3-20H,1-2H2,(H,21,22)/t3-,4-,5-,6-,7+,8+,9+,10+,11?,12?/m1/s1. The third-order valence-corrected chi connectivity index (χ3v) is 5.12. The molecule has 0 bridgehead atoms. The van der Waals surface area contributed by atoms with E-state index in [0.717, 1.165) is 0 Å². The SMILES string of the molecule is O=P(O)(OC[C@H]1OC(O)[C@@H](O)[C@@H](O)[C@@H]1O)OC1O[C@H](CO)[C@@H](O)[C@H](O)[C@@H]1O. The lowest BCUT2D eigenvalue weighted by atomic mass is 10.00. The molecule has 2 aliphatic heterocycles. The summed E-state index contributed by atoms with van der Waals surface area (Å²) < 4.78 is 30.7. The molecule has 0 aromatic heterocycles. The molecule has 0 radical (unpaired) electrons. The third-order valence-electron chi connectivity index (χ3n) is 4.17. The Morgan fingerprint density at radius 3 is 1.93 bits per heavy atom. The molecule has 0 aromatic carbocycles. The zero-order chi connectivity index (χ0) is 20.5. The monoisotopic (exact) mass is 422 g/mol. The highest BCUT2D eigenvalue weighted by molar-refractivity contribution is 7.47. The van der Waals surface area contributed by atoms with Gasteiger partial charge in [0.25, 0.3) is 0 Å². The molecular formula is C12H23O14P. The van der Waals surface area contributed by atoms with Crippen LogP contribution in [-0.2, 0) is 23.1 Å². The summed E-state index contributed by atoms with van der Waals surface area (Å²) in [6.45, 7) is -1.67. The van der Waals surface area contributed by atoms with E-state index in [-0.39, 0.29) is 0 Å². The molecule has 160 valence electrons. The van der Waals surface area contributed by atoms with E-state index < -0.39 is 82.4 Å². The highest BCUT2D eigenvalue weighted by atomic mass is 31.2. The first-order valence-electron chi connectivity index (χ1n) is 7.82. The van der Waals surface area contributed by atoms with Crippen molar-refractivity contribution >= 4 is 7.82 Å². The van der Waals surface area contributed by atoms with E-state index >= 15 is 0 Å².